The second-order valence-electron chi connectivity index (χ2n) is 4.59. The van der Waals surface area contributed by atoms with E-state index in [4.69, 9.17) is 0 Å². The monoisotopic (exact) mass is 339 g/mol. The Morgan fingerprint density at radius 3 is 2.58 bits per heavy atom. The van der Waals surface area contributed by atoms with E-state index >= 15 is 0 Å². The molecule has 1 aromatic heterocycles. The van der Waals surface area contributed by atoms with Crippen molar-refractivity contribution in [3.8, 4) is 0 Å². The first-order valence-corrected chi connectivity index (χ1v) is 8.01. The highest BCUT2D eigenvalue weighted by molar-refractivity contribution is 9.10. The Hall–Kier alpha value is -0.680. The molecule has 102 valence electrons. The van der Waals surface area contributed by atoms with Crippen LogP contribution in [0.2, 0.25) is 0 Å². The van der Waals surface area contributed by atoms with Crippen LogP contribution in [0.25, 0.3) is 0 Å². The molecule has 4 heteroatoms. The Labute approximate surface area is 126 Å². The third-order valence-corrected chi connectivity index (χ3v) is 5.12. The SMILES string of the molecule is CC(N[C@H](CO)Cc1ccccc1)c1sccc1Br. The van der Waals surface area contributed by atoms with E-state index in [1.165, 1.54) is 10.4 Å². The molecule has 0 aliphatic carbocycles. The van der Waals surface area contributed by atoms with Crippen molar-refractivity contribution in [2.45, 2.75) is 25.4 Å². The average molecular weight is 340 g/mol. The molecule has 2 N–H and O–H groups in total. The van der Waals surface area contributed by atoms with Crippen molar-refractivity contribution in [1.29, 1.82) is 0 Å². The van der Waals surface area contributed by atoms with Gasteiger partial charge in [-0.1, -0.05) is 30.3 Å². The van der Waals surface area contributed by atoms with Crippen LogP contribution in [-0.4, -0.2) is 17.8 Å². The minimum Gasteiger partial charge on any atom is -0.395 e. The van der Waals surface area contributed by atoms with Gasteiger partial charge in [0.25, 0.3) is 0 Å². The molecule has 1 unspecified atom stereocenters. The molecule has 2 nitrogen and oxygen atoms in total. The number of hydrogen-bond donors (Lipinski definition) is 2. The molecule has 0 saturated carbocycles. The van der Waals surface area contributed by atoms with E-state index in [-0.39, 0.29) is 18.7 Å². The number of thiophene rings is 1. The summed E-state index contributed by atoms with van der Waals surface area (Å²) in [6.07, 6.45) is 0.838. The maximum absolute atomic E-state index is 9.53. The largest absolute Gasteiger partial charge is 0.395 e. The highest BCUT2D eigenvalue weighted by Crippen LogP contribution is 2.29. The van der Waals surface area contributed by atoms with Gasteiger partial charge < -0.3 is 10.4 Å². The third kappa shape index (κ3) is 4.14. The molecule has 0 bridgehead atoms. The first-order chi connectivity index (χ1) is 9.20. The molecule has 2 rings (SSSR count). The van der Waals surface area contributed by atoms with E-state index < -0.39 is 0 Å². The Balaban J connectivity index is 1.98. The van der Waals surface area contributed by atoms with Gasteiger partial charge in [0, 0.05) is 21.4 Å². The second-order valence-corrected chi connectivity index (χ2v) is 6.39. The van der Waals surface area contributed by atoms with Gasteiger partial charge >= 0.3 is 0 Å². The van der Waals surface area contributed by atoms with E-state index in [1.54, 1.807) is 11.3 Å². The predicted octanol–water partition coefficient (Wildman–Crippen LogP) is 3.76. The quantitative estimate of drug-likeness (QED) is 0.839. The van der Waals surface area contributed by atoms with Gasteiger partial charge in [-0.15, -0.1) is 11.3 Å². The van der Waals surface area contributed by atoms with Crippen LogP contribution in [0.5, 0.6) is 0 Å². The van der Waals surface area contributed by atoms with Crippen molar-refractivity contribution < 1.29 is 5.11 Å². The van der Waals surface area contributed by atoms with E-state index in [2.05, 4.69) is 51.7 Å². The first kappa shape index (κ1) is 14.7. The second kappa shape index (κ2) is 7.20. The van der Waals surface area contributed by atoms with E-state index in [0.717, 1.165) is 10.9 Å². The lowest BCUT2D eigenvalue weighted by atomic mass is 10.1. The van der Waals surface area contributed by atoms with Gasteiger partial charge in [-0.05, 0) is 46.3 Å². The third-order valence-electron chi connectivity index (χ3n) is 3.07. The smallest absolute Gasteiger partial charge is 0.0588 e. The normalized spacial score (nSPS) is 14.3. The maximum atomic E-state index is 9.53. The van der Waals surface area contributed by atoms with E-state index in [0.29, 0.717) is 0 Å². The fraction of sp³-hybridized carbons (Fsp3) is 0.333. The van der Waals surface area contributed by atoms with Gasteiger partial charge in [0.15, 0.2) is 0 Å². The standard InChI is InChI=1S/C15H18BrNOS/c1-11(15-14(16)7-8-19-15)17-13(10-18)9-12-5-3-2-4-6-12/h2-8,11,13,17-18H,9-10H2,1H3/t11?,13-/m0/s1. The summed E-state index contributed by atoms with van der Waals surface area (Å²) in [5, 5.41) is 15.1. The fourth-order valence-corrected chi connectivity index (χ4v) is 3.85. The van der Waals surface area contributed by atoms with Crippen molar-refractivity contribution in [3.63, 3.8) is 0 Å². The molecule has 0 fully saturated rings. The van der Waals surface area contributed by atoms with Gasteiger partial charge in [0.05, 0.1) is 6.61 Å². The van der Waals surface area contributed by atoms with Gasteiger partial charge in [-0.3, -0.25) is 0 Å². The Morgan fingerprint density at radius 2 is 2.00 bits per heavy atom. The van der Waals surface area contributed by atoms with Crippen LogP contribution in [0.4, 0.5) is 0 Å². The summed E-state index contributed by atoms with van der Waals surface area (Å²) >= 11 is 5.28. The van der Waals surface area contributed by atoms with Crippen molar-refractivity contribution in [1.82, 2.24) is 5.32 Å². The minimum atomic E-state index is 0.0754. The number of rotatable bonds is 6. The average Bonchev–Trinajstić information content (AvgIpc) is 2.85. The van der Waals surface area contributed by atoms with Gasteiger partial charge in [-0.2, -0.15) is 0 Å². The first-order valence-electron chi connectivity index (χ1n) is 6.34. The lowest BCUT2D eigenvalue weighted by molar-refractivity contribution is 0.233. The molecule has 0 aliphatic rings. The van der Waals surface area contributed by atoms with Crippen LogP contribution in [0, 0.1) is 0 Å². The highest BCUT2D eigenvalue weighted by atomic mass is 79.9. The summed E-state index contributed by atoms with van der Waals surface area (Å²) in [4.78, 5) is 1.27. The van der Waals surface area contributed by atoms with Gasteiger partial charge in [0.2, 0.25) is 0 Å². The van der Waals surface area contributed by atoms with Crippen molar-refractivity contribution >= 4 is 27.3 Å². The van der Waals surface area contributed by atoms with E-state index in [1.807, 2.05) is 18.2 Å². The van der Waals surface area contributed by atoms with Crippen molar-refractivity contribution in [3.05, 3.63) is 56.7 Å². The van der Waals surface area contributed by atoms with Crippen LogP contribution in [0.15, 0.2) is 46.3 Å². The number of benzene rings is 1. The molecule has 0 spiro atoms. The topological polar surface area (TPSA) is 32.3 Å². The summed E-state index contributed by atoms with van der Waals surface area (Å²) in [5.74, 6) is 0. The van der Waals surface area contributed by atoms with Crippen LogP contribution < -0.4 is 5.32 Å². The molecule has 2 aromatic rings. The van der Waals surface area contributed by atoms with Crippen LogP contribution >= 0.6 is 27.3 Å². The summed E-state index contributed by atoms with van der Waals surface area (Å²) in [6.45, 7) is 2.27. The molecule has 0 radical (unpaired) electrons. The van der Waals surface area contributed by atoms with Gasteiger partial charge in [0.1, 0.15) is 0 Å². The maximum Gasteiger partial charge on any atom is 0.0588 e. The lowest BCUT2D eigenvalue weighted by Gasteiger charge is -2.21. The molecule has 0 aliphatic heterocycles. The number of nitrogens with one attached hydrogen (secondary N) is 1. The number of aliphatic hydroxyl groups is 1. The molecule has 1 aromatic carbocycles. The summed E-state index contributed by atoms with van der Waals surface area (Å²) in [7, 11) is 0. The van der Waals surface area contributed by atoms with Crippen molar-refractivity contribution in [2.24, 2.45) is 0 Å². The van der Waals surface area contributed by atoms with Crippen molar-refractivity contribution in [2.75, 3.05) is 6.61 Å². The van der Waals surface area contributed by atoms with Crippen LogP contribution in [-0.2, 0) is 6.42 Å². The molecule has 2 atom stereocenters. The fourth-order valence-electron chi connectivity index (χ4n) is 2.12. The molecule has 0 saturated heterocycles. The van der Waals surface area contributed by atoms with Crippen LogP contribution in [0.1, 0.15) is 23.4 Å². The molecular formula is C15H18BrNOS. The zero-order valence-electron chi connectivity index (χ0n) is 10.8. The lowest BCUT2D eigenvalue weighted by Crippen LogP contribution is -2.36. The minimum absolute atomic E-state index is 0.0754. The molecular weight excluding hydrogens is 322 g/mol. The highest BCUT2D eigenvalue weighted by Gasteiger charge is 2.16. The summed E-state index contributed by atoms with van der Waals surface area (Å²) in [6, 6.07) is 12.6. The molecule has 1 heterocycles. The Kier molecular flexibility index (Phi) is 5.58. The Bertz CT molecular complexity index is 500. The molecule has 19 heavy (non-hydrogen) atoms. The Morgan fingerprint density at radius 1 is 1.26 bits per heavy atom. The molecule has 0 amide bonds. The van der Waals surface area contributed by atoms with E-state index in [9.17, 15) is 5.11 Å². The zero-order chi connectivity index (χ0) is 13.7. The van der Waals surface area contributed by atoms with Crippen LogP contribution in [0.3, 0.4) is 0 Å². The summed E-state index contributed by atoms with van der Waals surface area (Å²) < 4.78 is 1.13. The summed E-state index contributed by atoms with van der Waals surface area (Å²) in [5.41, 5.74) is 1.24. The number of hydrogen-bond acceptors (Lipinski definition) is 3. The number of halogens is 1. The number of aliphatic hydroxyl groups excluding tert-OH is 1. The predicted molar refractivity (Wildman–Crippen MR) is 84.6 cm³/mol. The van der Waals surface area contributed by atoms with Gasteiger partial charge in [-0.25, -0.2) is 0 Å². The zero-order valence-corrected chi connectivity index (χ0v) is 13.2.